The van der Waals surface area contributed by atoms with Crippen molar-refractivity contribution in [2.45, 2.75) is 50.7 Å². The first kappa shape index (κ1) is 24.5. The molecule has 2 aromatic rings. The largest absolute Gasteiger partial charge is 0.391 e. The predicted octanol–water partition coefficient (Wildman–Crippen LogP) is 4.11. The van der Waals surface area contributed by atoms with Crippen LogP contribution >= 0.6 is 12.2 Å². The number of hydrogen-bond acceptors (Lipinski definition) is 6. The van der Waals surface area contributed by atoms with Crippen LogP contribution in [0.5, 0.6) is 0 Å². The first-order valence-corrected chi connectivity index (χ1v) is 12.0. The van der Waals surface area contributed by atoms with Crippen molar-refractivity contribution in [1.29, 1.82) is 0 Å². The molecule has 5 nitrogen and oxygen atoms in total. The fourth-order valence-electron chi connectivity index (χ4n) is 4.52. The molecule has 2 N–H and O–H groups in total. The van der Waals surface area contributed by atoms with E-state index in [1.165, 1.54) is 16.5 Å². The molecule has 32 heavy (non-hydrogen) atoms. The van der Waals surface area contributed by atoms with Gasteiger partial charge in [-0.3, -0.25) is 4.90 Å². The molecule has 2 aromatic carbocycles. The number of thiocarbonyl (C=S) groups is 1. The Bertz CT molecular complexity index is 786. The molecule has 3 rings (SSSR count). The van der Waals surface area contributed by atoms with E-state index < -0.39 is 12.1 Å². The Morgan fingerprint density at radius 3 is 2.19 bits per heavy atom. The van der Waals surface area contributed by atoms with Gasteiger partial charge in [-0.15, -0.1) is 5.48 Å². The standard InChI is InChI=1S/C26H34N2O3S/c1-2-9-24(29)23(19-32)27-31-25(30)18-28-16-14-22(15-17-28)26(20-10-5-3-6-11-20)21-12-7-4-8-13-21/h3-8,10-13,19,22-24,26-27,29H,2,9,14-18H2,1H3/t23-,24?/m0/s1. The SMILES string of the molecule is CCCC(O)[C@H](C=S)NOC(=O)CN1CCC(C(c2ccccc2)c2ccccc2)CC1. The lowest BCUT2D eigenvalue weighted by atomic mass is 9.76. The maximum atomic E-state index is 12.3. The van der Waals surface area contributed by atoms with Crippen LogP contribution in [0.4, 0.5) is 0 Å². The highest BCUT2D eigenvalue weighted by molar-refractivity contribution is 7.79. The second kappa shape index (κ2) is 12.8. The molecule has 1 unspecified atom stereocenters. The minimum absolute atomic E-state index is 0.231. The van der Waals surface area contributed by atoms with E-state index in [1.807, 2.05) is 6.92 Å². The number of piperidine rings is 1. The van der Waals surface area contributed by atoms with Crippen LogP contribution in [-0.2, 0) is 9.63 Å². The smallest absolute Gasteiger partial charge is 0.338 e. The third-order valence-electron chi connectivity index (χ3n) is 6.23. The lowest BCUT2D eigenvalue weighted by Crippen LogP contribution is -2.45. The van der Waals surface area contributed by atoms with Crippen molar-refractivity contribution >= 4 is 23.6 Å². The maximum Gasteiger partial charge on any atom is 0.338 e. The molecule has 0 radical (unpaired) electrons. The number of hydrogen-bond donors (Lipinski definition) is 2. The van der Waals surface area contributed by atoms with Gasteiger partial charge in [0.15, 0.2) is 0 Å². The van der Waals surface area contributed by atoms with Gasteiger partial charge in [0.1, 0.15) is 0 Å². The van der Waals surface area contributed by atoms with Crippen molar-refractivity contribution in [3.05, 3.63) is 71.8 Å². The number of carbonyl (C=O) groups excluding carboxylic acids is 1. The van der Waals surface area contributed by atoms with Crippen molar-refractivity contribution in [1.82, 2.24) is 10.4 Å². The summed E-state index contributed by atoms with van der Waals surface area (Å²) in [6.45, 7) is 3.92. The Morgan fingerprint density at radius 1 is 1.12 bits per heavy atom. The summed E-state index contributed by atoms with van der Waals surface area (Å²) in [4.78, 5) is 19.6. The van der Waals surface area contributed by atoms with Crippen LogP contribution in [0.15, 0.2) is 60.7 Å². The van der Waals surface area contributed by atoms with Gasteiger partial charge in [-0.1, -0.05) is 86.2 Å². The van der Waals surface area contributed by atoms with Crippen LogP contribution in [0, 0.1) is 5.92 Å². The van der Waals surface area contributed by atoms with Crippen molar-refractivity contribution in [2.75, 3.05) is 19.6 Å². The van der Waals surface area contributed by atoms with E-state index >= 15 is 0 Å². The molecule has 0 aromatic heterocycles. The molecule has 0 amide bonds. The van der Waals surface area contributed by atoms with Crippen LogP contribution < -0.4 is 5.48 Å². The lowest BCUT2D eigenvalue weighted by Gasteiger charge is -2.36. The van der Waals surface area contributed by atoms with Crippen LogP contribution in [0.1, 0.15) is 49.7 Å². The van der Waals surface area contributed by atoms with E-state index in [2.05, 4.69) is 71.0 Å². The summed E-state index contributed by atoms with van der Waals surface area (Å²) in [6, 6.07) is 20.9. The zero-order valence-corrected chi connectivity index (χ0v) is 19.5. The molecule has 0 aliphatic carbocycles. The Balaban J connectivity index is 1.53. The van der Waals surface area contributed by atoms with Gasteiger partial charge in [0.25, 0.3) is 0 Å². The van der Waals surface area contributed by atoms with Crippen LogP contribution in [0.2, 0.25) is 0 Å². The average Bonchev–Trinajstić information content (AvgIpc) is 2.82. The Hall–Kier alpha value is -2.12. The molecular formula is C26H34N2O3S. The fourth-order valence-corrected chi connectivity index (χ4v) is 4.76. The van der Waals surface area contributed by atoms with Crippen molar-refractivity contribution in [2.24, 2.45) is 5.92 Å². The summed E-state index contributed by atoms with van der Waals surface area (Å²) < 4.78 is 0. The van der Waals surface area contributed by atoms with Crippen molar-refractivity contribution in [3.63, 3.8) is 0 Å². The van der Waals surface area contributed by atoms with Gasteiger partial charge in [-0.2, -0.15) is 0 Å². The van der Waals surface area contributed by atoms with Gasteiger partial charge < -0.3 is 9.94 Å². The van der Waals surface area contributed by atoms with Gasteiger partial charge in [0, 0.05) is 11.3 Å². The number of benzene rings is 2. The third kappa shape index (κ3) is 6.94. The topological polar surface area (TPSA) is 61.8 Å². The molecule has 0 bridgehead atoms. The van der Waals surface area contributed by atoms with E-state index in [0.29, 0.717) is 18.3 Å². The van der Waals surface area contributed by atoms with E-state index in [0.717, 1.165) is 32.4 Å². The fraction of sp³-hybridized carbons (Fsp3) is 0.462. The van der Waals surface area contributed by atoms with Crippen LogP contribution in [0.3, 0.4) is 0 Å². The highest BCUT2D eigenvalue weighted by Gasteiger charge is 2.29. The quantitative estimate of drug-likeness (QED) is 0.394. The van der Waals surface area contributed by atoms with Gasteiger partial charge in [-0.05, 0) is 49.4 Å². The molecule has 0 saturated carbocycles. The second-order valence-electron chi connectivity index (χ2n) is 8.52. The predicted molar refractivity (Wildman–Crippen MR) is 131 cm³/mol. The molecule has 172 valence electrons. The average molecular weight is 455 g/mol. The van der Waals surface area contributed by atoms with Gasteiger partial charge in [0.2, 0.25) is 0 Å². The summed E-state index contributed by atoms with van der Waals surface area (Å²) in [6.07, 6.45) is 2.81. The summed E-state index contributed by atoms with van der Waals surface area (Å²) in [7, 11) is 0. The van der Waals surface area contributed by atoms with E-state index in [-0.39, 0.29) is 12.5 Å². The van der Waals surface area contributed by atoms with Crippen molar-refractivity contribution < 1.29 is 14.7 Å². The molecule has 2 atom stereocenters. The Morgan fingerprint density at radius 2 is 1.69 bits per heavy atom. The molecule has 1 aliphatic rings. The van der Waals surface area contributed by atoms with E-state index in [4.69, 9.17) is 17.1 Å². The highest BCUT2D eigenvalue weighted by atomic mass is 32.1. The lowest BCUT2D eigenvalue weighted by molar-refractivity contribution is -0.154. The van der Waals surface area contributed by atoms with Crippen LogP contribution in [0.25, 0.3) is 0 Å². The number of likely N-dealkylation sites (tertiary alicyclic amines) is 1. The number of rotatable bonds is 11. The monoisotopic (exact) mass is 454 g/mol. The minimum Gasteiger partial charge on any atom is -0.391 e. The maximum absolute atomic E-state index is 12.3. The normalized spacial score (nSPS) is 17.1. The van der Waals surface area contributed by atoms with E-state index in [9.17, 15) is 9.90 Å². The molecule has 1 aliphatic heterocycles. The summed E-state index contributed by atoms with van der Waals surface area (Å²) in [5.41, 5.74) is 5.32. The first-order valence-electron chi connectivity index (χ1n) is 11.5. The minimum atomic E-state index is -0.658. The first-order chi connectivity index (χ1) is 15.6. The zero-order chi connectivity index (χ0) is 22.8. The number of carbonyl (C=O) groups is 1. The van der Waals surface area contributed by atoms with Crippen molar-refractivity contribution in [3.8, 4) is 0 Å². The number of hydroxylamine groups is 1. The van der Waals surface area contributed by atoms with Gasteiger partial charge >= 0.3 is 5.97 Å². The highest BCUT2D eigenvalue weighted by Crippen LogP contribution is 2.37. The number of aliphatic hydroxyl groups is 1. The molecule has 1 heterocycles. The Labute approximate surface area is 196 Å². The van der Waals surface area contributed by atoms with E-state index in [1.54, 1.807) is 0 Å². The Kier molecular flexibility index (Phi) is 9.81. The second-order valence-corrected chi connectivity index (χ2v) is 8.79. The van der Waals surface area contributed by atoms with Crippen LogP contribution in [-0.4, -0.2) is 53.1 Å². The number of nitrogens with one attached hydrogen (secondary N) is 1. The molecule has 6 heteroatoms. The number of nitrogens with zero attached hydrogens (tertiary/aromatic N) is 1. The molecular weight excluding hydrogens is 420 g/mol. The molecule has 1 fully saturated rings. The molecule has 0 spiro atoms. The summed E-state index contributed by atoms with van der Waals surface area (Å²) in [5, 5.41) is 11.5. The number of aliphatic hydroxyl groups excluding tert-OH is 1. The van der Waals surface area contributed by atoms with Gasteiger partial charge in [0.05, 0.1) is 18.7 Å². The third-order valence-corrected chi connectivity index (χ3v) is 6.52. The molecule has 1 saturated heterocycles. The zero-order valence-electron chi connectivity index (χ0n) is 18.7. The summed E-state index contributed by atoms with van der Waals surface area (Å²) in [5.74, 6) is 0.529. The van der Waals surface area contributed by atoms with Gasteiger partial charge in [-0.25, -0.2) is 4.79 Å². The summed E-state index contributed by atoms with van der Waals surface area (Å²) >= 11 is 4.95.